The maximum Gasteiger partial charge on any atom is 0.315 e. The SMILES string of the molecule is Cc1ccccc1-n1nc2c(c1NC(=O)C(=O)N1C[C@@H](C)C[C@H](C)C1)CSC2. The Morgan fingerprint density at radius 1 is 1.14 bits per heavy atom. The van der Waals surface area contributed by atoms with Gasteiger partial charge in [0, 0.05) is 30.2 Å². The van der Waals surface area contributed by atoms with E-state index in [2.05, 4.69) is 19.2 Å². The third kappa shape index (κ3) is 3.55. The monoisotopic (exact) mass is 398 g/mol. The van der Waals surface area contributed by atoms with Crippen LogP contribution in [-0.2, 0) is 21.1 Å². The number of nitrogens with one attached hydrogen (secondary N) is 1. The van der Waals surface area contributed by atoms with Gasteiger partial charge in [0.15, 0.2) is 0 Å². The number of hydrogen-bond donors (Lipinski definition) is 1. The molecule has 1 saturated heterocycles. The van der Waals surface area contributed by atoms with Gasteiger partial charge in [-0.1, -0.05) is 32.0 Å². The van der Waals surface area contributed by atoms with Gasteiger partial charge in [0.1, 0.15) is 5.82 Å². The number of likely N-dealkylation sites (tertiary alicyclic amines) is 1. The van der Waals surface area contributed by atoms with E-state index in [4.69, 9.17) is 5.10 Å². The van der Waals surface area contributed by atoms with Crippen LogP contribution in [0, 0.1) is 18.8 Å². The highest BCUT2D eigenvalue weighted by Crippen LogP contribution is 2.36. The number of hydrogen-bond acceptors (Lipinski definition) is 4. The number of rotatable bonds is 2. The van der Waals surface area contributed by atoms with Crippen molar-refractivity contribution in [3.63, 3.8) is 0 Å². The zero-order chi connectivity index (χ0) is 19.8. The number of piperidine rings is 1. The number of carbonyl (C=O) groups is 2. The van der Waals surface area contributed by atoms with Gasteiger partial charge in [-0.05, 0) is 36.8 Å². The van der Waals surface area contributed by atoms with Crippen molar-refractivity contribution >= 4 is 29.4 Å². The lowest BCUT2D eigenvalue weighted by molar-refractivity contribution is -0.145. The summed E-state index contributed by atoms with van der Waals surface area (Å²) in [5.41, 5.74) is 3.99. The summed E-state index contributed by atoms with van der Waals surface area (Å²) < 4.78 is 1.78. The molecule has 2 aliphatic rings. The molecule has 0 radical (unpaired) electrons. The lowest BCUT2D eigenvalue weighted by Crippen LogP contribution is -2.47. The predicted octanol–water partition coefficient (Wildman–Crippen LogP) is 3.37. The van der Waals surface area contributed by atoms with E-state index >= 15 is 0 Å². The number of benzene rings is 1. The summed E-state index contributed by atoms with van der Waals surface area (Å²) in [6, 6.07) is 7.93. The number of aromatic nitrogens is 2. The van der Waals surface area contributed by atoms with Gasteiger partial charge in [0.2, 0.25) is 0 Å². The molecule has 2 atom stereocenters. The molecule has 1 aromatic carbocycles. The van der Waals surface area contributed by atoms with Crippen LogP contribution in [0.4, 0.5) is 5.82 Å². The Morgan fingerprint density at radius 2 is 1.86 bits per heavy atom. The van der Waals surface area contributed by atoms with Crippen LogP contribution < -0.4 is 5.32 Å². The smallest absolute Gasteiger partial charge is 0.315 e. The summed E-state index contributed by atoms with van der Waals surface area (Å²) in [5, 5.41) is 7.63. The Kier molecular flexibility index (Phi) is 5.19. The minimum Gasteiger partial charge on any atom is -0.334 e. The molecule has 0 spiro atoms. The van der Waals surface area contributed by atoms with E-state index in [9.17, 15) is 9.59 Å². The van der Waals surface area contributed by atoms with Crippen molar-refractivity contribution in [2.24, 2.45) is 11.8 Å². The fourth-order valence-corrected chi connectivity index (χ4v) is 5.28. The van der Waals surface area contributed by atoms with Crippen LogP contribution in [0.15, 0.2) is 24.3 Å². The van der Waals surface area contributed by atoms with Crippen LogP contribution in [0.1, 0.15) is 37.1 Å². The number of thioether (sulfide) groups is 1. The number of para-hydroxylation sites is 1. The van der Waals surface area contributed by atoms with Crippen molar-refractivity contribution in [2.45, 2.75) is 38.7 Å². The van der Waals surface area contributed by atoms with Gasteiger partial charge in [-0.15, -0.1) is 0 Å². The van der Waals surface area contributed by atoms with Crippen LogP contribution in [0.25, 0.3) is 5.69 Å². The Morgan fingerprint density at radius 3 is 2.57 bits per heavy atom. The van der Waals surface area contributed by atoms with Crippen LogP contribution in [-0.4, -0.2) is 39.6 Å². The van der Waals surface area contributed by atoms with Crippen LogP contribution in [0.2, 0.25) is 0 Å². The average molecular weight is 399 g/mol. The maximum absolute atomic E-state index is 12.8. The second kappa shape index (κ2) is 7.62. The lowest BCUT2D eigenvalue weighted by atomic mass is 9.92. The standard InChI is InChI=1S/C21H26N4O2S/c1-13-8-14(2)10-24(9-13)21(27)20(26)22-19-16-11-28-12-17(16)23-25(19)18-7-5-4-6-15(18)3/h4-7,13-14H,8-12H2,1-3H3,(H,22,26)/t13-,14-/m0/s1. The second-order valence-electron chi connectivity index (χ2n) is 8.08. The summed E-state index contributed by atoms with van der Waals surface area (Å²) in [6.45, 7) is 7.56. The van der Waals surface area contributed by atoms with E-state index in [0.717, 1.165) is 40.4 Å². The molecular formula is C21H26N4O2S. The second-order valence-corrected chi connectivity index (χ2v) is 9.06. The normalized spacial score (nSPS) is 21.5. The molecule has 6 nitrogen and oxygen atoms in total. The largest absolute Gasteiger partial charge is 0.334 e. The van der Waals surface area contributed by atoms with Gasteiger partial charge >= 0.3 is 11.8 Å². The van der Waals surface area contributed by atoms with Gasteiger partial charge in [-0.2, -0.15) is 16.9 Å². The van der Waals surface area contributed by atoms with Gasteiger partial charge in [0.25, 0.3) is 0 Å². The zero-order valence-electron chi connectivity index (χ0n) is 16.6. The number of anilines is 1. The highest BCUT2D eigenvalue weighted by atomic mass is 32.2. The number of amides is 2. The first-order valence-corrected chi connectivity index (χ1v) is 10.9. The molecule has 2 aromatic rings. The Hall–Kier alpha value is -2.28. The minimum absolute atomic E-state index is 0.415. The van der Waals surface area contributed by atoms with Gasteiger partial charge < -0.3 is 10.2 Å². The molecule has 2 amide bonds. The Balaban J connectivity index is 1.62. The van der Waals surface area contributed by atoms with Gasteiger partial charge in [0.05, 0.1) is 11.4 Å². The van der Waals surface area contributed by atoms with Crippen LogP contribution >= 0.6 is 11.8 Å². The highest BCUT2D eigenvalue weighted by molar-refractivity contribution is 7.98. The van der Waals surface area contributed by atoms with Crippen LogP contribution in [0.3, 0.4) is 0 Å². The fraction of sp³-hybridized carbons (Fsp3) is 0.476. The molecular weight excluding hydrogens is 372 g/mol. The third-order valence-corrected chi connectivity index (χ3v) is 6.45. The summed E-state index contributed by atoms with van der Waals surface area (Å²) in [7, 11) is 0. The van der Waals surface area contributed by atoms with E-state index < -0.39 is 11.8 Å². The summed E-state index contributed by atoms with van der Waals surface area (Å²) >= 11 is 1.77. The van der Waals surface area contributed by atoms with Crippen LogP contribution in [0.5, 0.6) is 0 Å². The summed E-state index contributed by atoms with van der Waals surface area (Å²) in [4.78, 5) is 27.3. The van der Waals surface area contributed by atoms with E-state index in [0.29, 0.717) is 30.7 Å². The quantitative estimate of drug-likeness (QED) is 0.788. The molecule has 0 saturated carbocycles. The lowest BCUT2D eigenvalue weighted by Gasteiger charge is -2.34. The Labute approximate surface area is 169 Å². The van der Waals surface area contributed by atoms with Crippen molar-refractivity contribution in [3.8, 4) is 5.69 Å². The van der Waals surface area contributed by atoms with E-state index in [1.807, 2.05) is 31.2 Å². The zero-order valence-corrected chi connectivity index (χ0v) is 17.4. The van der Waals surface area contributed by atoms with E-state index in [1.165, 1.54) is 0 Å². The molecule has 3 heterocycles. The van der Waals surface area contributed by atoms with Gasteiger partial charge in [-0.3, -0.25) is 9.59 Å². The number of carbonyl (C=O) groups excluding carboxylic acids is 2. The molecule has 148 valence electrons. The topological polar surface area (TPSA) is 67.2 Å². The molecule has 0 unspecified atom stereocenters. The molecule has 28 heavy (non-hydrogen) atoms. The van der Waals surface area contributed by atoms with Crippen molar-refractivity contribution in [1.82, 2.24) is 14.7 Å². The number of fused-ring (bicyclic) bond motifs is 1. The molecule has 1 fully saturated rings. The molecule has 0 aliphatic carbocycles. The highest BCUT2D eigenvalue weighted by Gasteiger charge is 2.31. The molecule has 2 aliphatic heterocycles. The summed E-state index contributed by atoms with van der Waals surface area (Å²) in [5.74, 6) is 2.06. The average Bonchev–Trinajstić information content (AvgIpc) is 3.23. The van der Waals surface area contributed by atoms with E-state index in [-0.39, 0.29) is 0 Å². The maximum atomic E-state index is 12.8. The van der Waals surface area contributed by atoms with Crippen molar-refractivity contribution in [2.75, 3.05) is 18.4 Å². The first-order chi connectivity index (χ1) is 13.4. The van der Waals surface area contributed by atoms with Crippen molar-refractivity contribution < 1.29 is 9.59 Å². The number of nitrogens with zero attached hydrogens (tertiary/aromatic N) is 3. The third-order valence-electron chi connectivity index (χ3n) is 5.48. The molecule has 4 rings (SSSR count). The summed E-state index contributed by atoms with van der Waals surface area (Å²) in [6.07, 6.45) is 1.09. The fourth-order valence-electron chi connectivity index (χ4n) is 4.25. The number of aryl methyl sites for hydroxylation is 1. The first-order valence-electron chi connectivity index (χ1n) is 9.78. The molecule has 1 N–H and O–H groups in total. The van der Waals surface area contributed by atoms with Crippen molar-refractivity contribution in [3.05, 3.63) is 41.1 Å². The van der Waals surface area contributed by atoms with Gasteiger partial charge in [-0.25, -0.2) is 4.68 Å². The van der Waals surface area contributed by atoms with E-state index in [1.54, 1.807) is 21.3 Å². The first kappa shape index (κ1) is 19.1. The molecule has 1 aromatic heterocycles. The van der Waals surface area contributed by atoms with Crippen molar-refractivity contribution in [1.29, 1.82) is 0 Å². The molecule has 7 heteroatoms. The predicted molar refractivity (Wildman–Crippen MR) is 111 cm³/mol. The minimum atomic E-state index is -0.573. The Bertz CT molecular complexity index is 913. The molecule has 0 bridgehead atoms.